The zero-order valence-corrected chi connectivity index (χ0v) is 12.6. The summed E-state index contributed by atoms with van der Waals surface area (Å²) >= 11 is 6.22. The summed E-state index contributed by atoms with van der Waals surface area (Å²) in [6.07, 6.45) is 0. The molecule has 0 unspecified atom stereocenters. The van der Waals surface area contributed by atoms with Crippen LogP contribution in [0.5, 0.6) is 0 Å². The van der Waals surface area contributed by atoms with Gasteiger partial charge in [0.15, 0.2) is 0 Å². The fourth-order valence-corrected chi connectivity index (χ4v) is 2.32. The average Bonchev–Trinajstić information content (AvgIpc) is 2.59. The first kappa shape index (κ1) is 14.5. The summed E-state index contributed by atoms with van der Waals surface area (Å²) < 4.78 is 0. The molecule has 6 heteroatoms. The second kappa shape index (κ2) is 4.90. The number of fused-ring (bicyclic) bond motifs is 1. The van der Waals surface area contributed by atoms with E-state index in [9.17, 15) is 9.59 Å². The van der Waals surface area contributed by atoms with Crippen LogP contribution in [0.1, 0.15) is 38.8 Å². The highest BCUT2D eigenvalue weighted by atomic mass is 35.5. The SMILES string of the molecule is CC(=O)N/N=C(\C)c1cc(Cl)c2c(c1)C(C)(C)C(=O)N2. The third-order valence-electron chi connectivity index (χ3n) is 3.37. The number of anilines is 1. The minimum absolute atomic E-state index is 0.0806. The van der Waals surface area contributed by atoms with Crippen LogP contribution >= 0.6 is 11.6 Å². The van der Waals surface area contributed by atoms with Gasteiger partial charge in [-0.15, -0.1) is 0 Å². The summed E-state index contributed by atoms with van der Waals surface area (Å²) in [6.45, 7) is 6.84. The molecule has 0 atom stereocenters. The summed E-state index contributed by atoms with van der Waals surface area (Å²) in [5.41, 5.74) is 4.63. The first-order chi connectivity index (χ1) is 9.23. The van der Waals surface area contributed by atoms with Crippen molar-refractivity contribution in [1.29, 1.82) is 0 Å². The molecule has 0 spiro atoms. The number of halogens is 1. The fraction of sp³-hybridized carbons (Fsp3) is 0.357. The van der Waals surface area contributed by atoms with Crippen LogP contribution in [0.15, 0.2) is 17.2 Å². The van der Waals surface area contributed by atoms with Gasteiger partial charge in [0, 0.05) is 6.92 Å². The highest BCUT2D eigenvalue weighted by Gasteiger charge is 2.39. The number of nitrogens with zero attached hydrogens (tertiary/aromatic N) is 1. The lowest BCUT2D eigenvalue weighted by atomic mass is 9.85. The second-order valence-corrected chi connectivity index (χ2v) is 5.73. The lowest BCUT2D eigenvalue weighted by Gasteiger charge is -2.16. The van der Waals surface area contributed by atoms with Crippen molar-refractivity contribution in [3.8, 4) is 0 Å². The van der Waals surface area contributed by atoms with Crippen molar-refractivity contribution in [3.05, 3.63) is 28.3 Å². The molecule has 0 radical (unpaired) electrons. The predicted molar refractivity (Wildman–Crippen MR) is 79.1 cm³/mol. The minimum Gasteiger partial charge on any atom is -0.324 e. The third-order valence-corrected chi connectivity index (χ3v) is 3.67. The molecule has 0 saturated carbocycles. The van der Waals surface area contributed by atoms with Crippen LogP contribution in [0.4, 0.5) is 5.69 Å². The van der Waals surface area contributed by atoms with E-state index >= 15 is 0 Å². The number of nitrogens with one attached hydrogen (secondary N) is 2. The van der Waals surface area contributed by atoms with Gasteiger partial charge in [0.2, 0.25) is 11.8 Å². The summed E-state index contributed by atoms with van der Waals surface area (Å²) in [4.78, 5) is 22.8. The zero-order chi connectivity index (χ0) is 15.1. The topological polar surface area (TPSA) is 70.6 Å². The van der Waals surface area contributed by atoms with E-state index in [-0.39, 0.29) is 11.8 Å². The first-order valence-corrected chi connectivity index (χ1v) is 6.58. The molecule has 20 heavy (non-hydrogen) atoms. The van der Waals surface area contributed by atoms with Gasteiger partial charge in [-0.1, -0.05) is 11.6 Å². The molecule has 2 rings (SSSR count). The van der Waals surface area contributed by atoms with Gasteiger partial charge in [-0.25, -0.2) is 5.43 Å². The standard InChI is InChI=1S/C14H16ClN3O2/c1-7(17-18-8(2)19)9-5-10-12(11(15)6-9)16-13(20)14(10,3)4/h5-6H,1-4H3,(H,16,20)(H,18,19)/b17-7+. The quantitative estimate of drug-likeness (QED) is 0.649. The number of hydrogen-bond acceptors (Lipinski definition) is 3. The molecule has 1 aliphatic rings. The Morgan fingerprint density at radius 3 is 2.60 bits per heavy atom. The fourth-order valence-electron chi connectivity index (χ4n) is 2.05. The van der Waals surface area contributed by atoms with E-state index < -0.39 is 5.41 Å². The Kier molecular flexibility index (Phi) is 3.56. The number of carbonyl (C=O) groups is 2. The molecule has 1 aliphatic heterocycles. The summed E-state index contributed by atoms with van der Waals surface area (Å²) in [5.74, 6) is -0.322. The summed E-state index contributed by atoms with van der Waals surface area (Å²) in [6, 6.07) is 3.60. The van der Waals surface area contributed by atoms with Gasteiger partial charge in [0.1, 0.15) is 0 Å². The molecule has 0 fully saturated rings. The molecule has 0 bridgehead atoms. The smallest absolute Gasteiger partial charge is 0.236 e. The molecular weight excluding hydrogens is 278 g/mol. The van der Waals surface area contributed by atoms with Crippen molar-refractivity contribution < 1.29 is 9.59 Å². The van der Waals surface area contributed by atoms with Gasteiger partial charge >= 0.3 is 0 Å². The van der Waals surface area contributed by atoms with E-state index in [0.717, 1.165) is 11.1 Å². The minimum atomic E-state index is -0.636. The summed E-state index contributed by atoms with van der Waals surface area (Å²) in [5, 5.41) is 7.24. The van der Waals surface area contributed by atoms with Gasteiger partial charge in [-0.3, -0.25) is 9.59 Å². The molecule has 0 aromatic heterocycles. The second-order valence-electron chi connectivity index (χ2n) is 5.32. The molecule has 2 N–H and O–H groups in total. The van der Waals surface area contributed by atoms with Crippen LogP contribution in [-0.4, -0.2) is 17.5 Å². The highest BCUT2D eigenvalue weighted by Crippen LogP contribution is 2.42. The lowest BCUT2D eigenvalue weighted by Crippen LogP contribution is -2.27. The number of hydrogen-bond donors (Lipinski definition) is 2. The van der Waals surface area contributed by atoms with E-state index in [4.69, 9.17) is 11.6 Å². The van der Waals surface area contributed by atoms with Crippen LogP contribution in [0, 0.1) is 0 Å². The van der Waals surface area contributed by atoms with Crippen molar-refractivity contribution in [1.82, 2.24) is 5.43 Å². The van der Waals surface area contributed by atoms with Gasteiger partial charge in [-0.2, -0.15) is 5.10 Å². The van der Waals surface area contributed by atoms with Crippen LogP contribution in [0.2, 0.25) is 5.02 Å². The molecule has 0 saturated heterocycles. The van der Waals surface area contributed by atoms with E-state index in [1.165, 1.54) is 6.92 Å². The van der Waals surface area contributed by atoms with Crippen molar-refractivity contribution in [2.24, 2.45) is 5.10 Å². The lowest BCUT2D eigenvalue weighted by molar-refractivity contribution is -0.120. The molecule has 2 amide bonds. The molecule has 106 valence electrons. The molecule has 1 aromatic carbocycles. The molecule has 5 nitrogen and oxygen atoms in total. The maximum Gasteiger partial charge on any atom is 0.236 e. The molecule has 0 aliphatic carbocycles. The van der Waals surface area contributed by atoms with Crippen molar-refractivity contribution in [2.45, 2.75) is 33.1 Å². The first-order valence-electron chi connectivity index (χ1n) is 6.20. The third kappa shape index (κ3) is 2.41. The Labute approximate surface area is 122 Å². The van der Waals surface area contributed by atoms with Crippen LogP contribution in [0.3, 0.4) is 0 Å². The largest absolute Gasteiger partial charge is 0.324 e. The maximum absolute atomic E-state index is 11.9. The number of amides is 2. The van der Waals surface area contributed by atoms with Gasteiger partial charge < -0.3 is 5.32 Å². The number of benzene rings is 1. The maximum atomic E-state index is 11.9. The Hall–Kier alpha value is -1.88. The van der Waals surface area contributed by atoms with Gasteiger partial charge in [-0.05, 0) is 44.0 Å². The van der Waals surface area contributed by atoms with E-state index in [0.29, 0.717) is 16.4 Å². The molecule has 1 heterocycles. The van der Waals surface area contributed by atoms with Crippen molar-refractivity contribution >= 4 is 34.8 Å². The normalized spacial score (nSPS) is 16.6. The van der Waals surface area contributed by atoms with Crippen molar-refractivity contribution in [3.63, 3.8) is 0 Å². The predicted octanol–water partition coefficient (Wildman–Crippen LogP) is 2.43. The Morgan fingerprint density at radius 2 is 2.00 bits per heavy atom. The zero-order valence-electron chi connectivity index (χ0n) is 11.8. The van der Waals surface area contributed by atoms with E-state index in [1.54, 1.807) is 13.0 Å². The summed E-state index contributed by atoms with van der Waals surface area (Å²) in [7, 11) is 0. The Morgan fingerprint density at radius 1 is 1.35 bits per heavy atom. The molecular formula is C14H16ClN3O2. The van der Waals surface area contributed by atoms with Crippen LogP contribution in [0.25, 0.3) is 0 Å². The van der Waals surface area contributed by atoms with Gasteiger partial charge in [0.25, 0.3) is 0 Å². The number of rotatable bonds is 2. The van der Waals surface area contributed by atoms with Gasteiger partial charge in [0.05, 0.1) is 21.8 Å². The Bertz CT molecular complexity index is 636. The Balaban J connectivity index is 2.48. The average molecular weight is 294 g/mol. The van der Waals surface area contributed by atoms with Crippen LogP contribution < -0.4 is 10.7 Å². The number of carbonyl (C=O) groups excluding carboxylic acids is 2. The monoisotopic (exact) mass is 293 g/mol. The van der Waals surface area contributed by atoms with E-state index in [2.05, 4.69) is 15.8 Å². The highest BCUT2D eigenvalue weighted by molar-refractivity contribution is 6.35. The van der Waals surface area contributed by atoms with Crippen LogP contribution in [-0.2, 0) is 15.0 Å². The molecule has 1 aromatic rings. The van der Waals surface area contributed by atoms with E-state index in [1.807, 2.05) is 19.9 Å². The number of hydrazone groups is 1. The van der Waals surface area contributed by atoms with Crippen molar-refractivity contribution in [2.75, 3.05) is 5.32 Å².